The molecule has 0 unspecified atom stereocenters. The van der Waals surface area contributed by atoms with Crippen molar-refractivity contribution in [2.75, 3.05) is 5.73 Å². The molecule has 3 heteroatoms. The topological polar surface area (TPSA) is 52.0 Å². The number of nitrogens with zero attached hydrogens (tertiary/aromatic N) is 1. The third kappa shape index (κ3) is 0.774. The fourth-order valence-corrected chi connectivity index (χ4v) is 1.08. The molecule has 0 saturated carbocycles. The maximum Gasteiger partial charge on any atom is 0.181 e. The van der Waals surface area contributed by atoms with Crippen molar-refractivity contribution in [3.8, 4) is 0 Å². The second-order valence-corrected chi connectivity index (χ2v) is 2.48. The molecular weight excluding hydrogens is 140 g/mol. The number of benzene rings is 1. The van der Waals surface area contributed by atoms with Crippen LogP contribution in [0.1, 0.15) is 5.56 Å². The maximum atomic E-state index is 5.66. The van der Waals surface area contributed by atoms with Gasteiger partial charge in [0.05, 0.1) is 0 Å². The fourth-order valence-electron chi connectivity index (χ4n) is 1.08. The second kappa shape index (κ2) is 1.99. The van der Waals surface area contributed by atoms with Gasteiger partial charge < -0.3 is 10.2 Å². The van der Waals surface area contributed by atoms with Gasteiger partial charge in [0, 0.05) is 11.3 Å². The van der Waals surface area contributed by atoms with Gasteiger partial charge in [0.2, 0.25) is 0 Å². The number of anilines is 1. The number of nitrogen functional groups attached to an aromatic ring is 1. The number of aromatic nitrogens is 1. The van der Waals surface area contributed by atoms with Gasteiger partial charge >= 0.3 is 0 Å². The molecule has 0 atom stereocenters. The van der Waals surface area contributed by atoms with Crippen molar-refractivity contribution in [3.63, 3.8) is 0 Å². The number of aryl methyl sites for hydroxylation is 1. The molecule has 11 heavy (non-hydrogen) atoms. The molecule has 0 fully saturated rings. The molecule has 1 heterocycles. The molecule has 2 N–H and O–H groups in total. The molecule has 0 radical (unpaired) electrons. The van der Waals surface area contributed by atoms with E-state index >= 15 is 0 Å². The zero-order valence-electron chi connectivity index (χ0n) is 6.16. The van der Waals surface area contributed by atoms with E-state index in [0.29, 0.717) is 0 Å². The molecule has 0 aliphatic carbocycles. The third-order valence-electron chi connectivity index (χ3n) is 1.79. The molecule has 0 spiro atoms. The minimum Gasteiger partial charge on any atom is -0.443 e. The zero-order chi connectivity index (χ0) is 7.84. The molecule has 2 rings (SSSR count). The van der Waals surface area contributed by atoms with Crippen molar-refractivity contribution in [3.05, 3.63) is 24.1 Å². The first-order valence-electron chi connectivity index (χ1n) is 3.37. The molecule has 3 nitrogen and oxygen atoms in total. The van der Waals surface area contributed by atoms with Crippen LogP contribution in [-0.2, 0) is 0 Å². The highest BCUT2D eigenvalue weighted by Gasteiger charge is 2.03. The summed E-state index contributed by atoms with van der Waals surface area (Å²) in [6.45, 7) is 1.92. The van der Waals surface area contributed by atoms with E-state index < -0.39 is 0 Å². The summed E-state index contributed by atoms with van der Waals surface area (Å²) in [5.41, 5.74) is 9.00. The van der Waals surface area contributed by atoms with Gasteiger partial charge in [0.1, 0.15) is 5.52 Å². The largest absolute Gasteiger partial charge is 0.443 e. The van der Waals surface area contributed by atoms with Gasteiger partial charge in [-0.15, -0.1) is 0 Å². The number of fused-ring (bicyclic) bond motifs is 1. The minimum absolute atomic E-state index is 0.745. The lowest BCUT2D eigenvalue weighted by Gasteiger charge is -1.96. The van der Waals surface area contributed by atoms with E-state index in [9.17, 15) is 0 Å². The first kappa shape index (κ1) is 6.22. The summed E-state index contributed by atoms with van der Waals surface area (Å²) in [6, 6.07) is 3.68. The number of oxazole rings is 1. The second-order valence-electron chi connectivity index (χ2n) is 2.48. The standard InChI is InChI=1S/C8H8N2O/c1-5-6(9)2-3-7-8(5)11-4-10-7/h2-4H,9H2,1H3. The van der Waals surface area contributed by atoms with Crippen LogP contribution in [0.5, 0.6) is 0 Å². The average molecular weight is 148 g/mol. The molecule has 0 bridgehead atoms. The predicted octanol–water partition coefficient (Wildman–Crippen LogP) is 1.72. The van der Waals surface area contributed by atoms with Crippen LogP contribution >= 0.6 is 0 Å². The van der Waals surface area contributed by atoms with Gasteiger partial charge in [-0.3, -0.25) is 0 Å². The van der Waals surface area contributed by atoms with Gasteiger partial charge in [-0.05, 0) is 19.1 Å². The van der Waals surface area contributed by atoms with E-state index in [1.165, 1.54) is 6.39 Å². The van der Waals surface area contributed by atoms with E-state index in [1.807, 2.05) is 19.1 Å². The van der Waals surface area contributed by atoms with Crippen molar-refractivity contribution < 1.29 is 4.42 Å². The van der Waals surface area contributed by atoms with Gasteiger partial charge in [0.15, 0.2) is 12.0 Å². The van der Waals surface area contributed by atoms with Gasteiger partial charge in [-0.25, -0.2) is 4.98 Å². The summed E-state index contributed by atoms with van der Waals surface area (Å²) < 4.78 is 5.14. The lowest BCUT2D eigenvalue weighted by Crippen LogP contribution is -1.88. The summed E-state index contributed by atoms with van der Waals surface area (Å²) in [6.07, 6.45) is 1.43. The van der Waals surface area contributed by atoms with Crippen LogP contribution in [0.3, 0.4) is 0 Å². The Labute approximate surface area is 63.8 Å². The molecule has 0 aliphatic rings. The van der Waals surface area contributed by atoms with Crippen LogP contribution in [0.2, 0.25) is 0 Å². The first-order chi connectivity index (χ1) is 5.29. The molecule has 0 amide bonds. The average Bonchev–Trinajstić information content (AvgIpc) is 2.45. The summed E-state index contributed by atoms with van der Waals surface area (Å²) in [7, 11) is 0. The van der Waals surface area contributed by atoms with E-state index in [2.05, 4.69) is 4.98 Å². The maximum absolute atomic E-state index is 5.66. The Morgan fingerprint density at radius 2 is 2.27 bits per heavy atom. The van der Waals surface area contributed by atoms with Crippen molar-refractivity contribution in [2.45, 2.75) is 6.92 Å². The van der Waals surface area contributed by atoms with Crippen LogP contribution in [0.4, 0.5) is 5.69 Å². The first-order valence-corrected chi connectivity index (χ1v) is 3.37. The molecular formula is C8H8N2O. The number of hydrogen-bond acceptors (Lipinski definition) is 3. The monoisotopic (exact) mass is 148 g/mol. The fraction of sp³-hybridized carbons (Fsp3) is 0.125. The van der Waals surface area contributed by atoms with Crippen LogP contribution in [0, 0.1) is 6.92 Å². The minimum atomic E-state index is 0.745. The Morgan fingerprint density at radius 1 is 1.45 bits per heavy atom. The Balaban J connectivity index is 2.93. The van der Waals surface area contributed by atoms with Crippen molar-refractivity contribution in [2.24, 2.45) is 0 Å². The number of hydrogen-bond donors (Lipinski definition) is 1. The van der Waals surface area contributed by atoms with Crippen molar-refractivity contribution >= 4 is 16.8 Å². The Hall–Kier alpha value is -1.51. The smallest absolute Gasteiger partial charge is 0.181 e. The van der Waals surface area contributed by atoms with E-state index in [1.54, 1.807) is 0 Å². The van der Waals surface area contributed by atoms with Gasteiger partial charge in [-0.1, -0.05) is 0 Å². The molecule has 1 aromatic carbocycles. The van der Waals surface area contributed by atoms with E-state index in [-0.39, 0.29) is 0 Å². The zero-order valence-corrected chi connectivity index (χ0v) is 6.16. The third-order valence-corrected chi connectivity index (χ3v) is 1.79. The van der Waals surface area contributed by atoms with Gasteiger partial charge in [-0.2, -0.15) is 0 Å². The van der Waals surface area contributed by atoms with E-state index in [0.717, 1.165) is 22.4 Å². The summed E-state index contributed by atoms with van der Waals surface area (Å²) in [4.78, 5) is 4.00. The quantitative estimate of drug-likeness (QED) is 0.578. The molecule has 2 aromatic rings. The molecule has 0 aliphatic heterocycles. The SMILES string of the molecule is Cc1c(N)ccc2ncoc12. The Kier molecular flexibility index (Phi) is 1.12. The Bertz CT molecular complexity index is 392. The highest BCUT2D eigenvalue weighted by atomic mass is 16.3. The van der Waals surface area contributed by atoms with Crippen LogP contribution in [0.15, 0.2) is 22.9 Å². The molecule has 1 aromatic heterocycles. The van der Waals surface area contributed by atoms with Crippen molar-refractivity contribution in [1.82, 2.24) is 4.98 Å². The normalized spacial score (nSPS) is 10.6. The van der Waals surface area contributed by atoms with Crippen LogP contribution in [-0.4, -0.2) is 4.98 Å². The highest BCUT2D eigenvalue weighted by molar-refractivity contribution is 5.80. The van der Waals surface area contributed by atoms with Gasteiger partial charge in [0.25, 0.3) is 0 Å². The van der Waals surface area contributed by atoms with Crippen molar-refractivity contribution in [1.29, 1.82) is 0 Å². The lowest BCUT2D eigenvalue weighted by atomic mass is 10.2. The summed E-state index contributed by atoms with van der Waals surface area (Å²) >= 11 is 0. The summed E-state index contributed by atoms with van der Waals surface area (Å²) in [5, 5.41) is 0. The Morgan fingerprint density at radius 3 is 3.09 bits per heavy atom. The molecule has 56 valence electrons. The number of nitrogens with two attached hydrogens (primary N) is 1. The highest BCUT2D eigenvalue weighted by Crippen LogP contribution is 2.21. The van der Waals surface area contributed by atoms with Crippen LogP contribution in [0.25, 0.3) is 11.1 Å². The number of rotatable bonds is 0. The lowest BCUT2D eigenvalue weighted by molar-refractivity contribution is 0.600. The van der Waals surface area contributed by atoms with E-state index in [4.69, 9.17) is 10.2 Å². The van der Waals surface area contributed by atoms with Crippen LogP contribution < -0.4 is 5.73 Å². The predicted molar refractivity (Wildman–Crippen MR) is 43.2 cm³/mol. The summed E-state index contributed by atoms with van der Waals surface area (Å²) in [5.74, 6) is 0. The molecule has 0 saturated heterocycles.